The fourth-order valence-electron chi connectivity index (χ4n) is 2.99. The van der Waals surface area contributed by atoms with Crippen molar-refractivity contribution in [3.63, 3.8) is 0 Å². The number of hydrogen-bond donors (Lipinski definition) is 1. The Labute approximate surface area is 125 Å². The summed E-state index contributed by atoms with van der Waals surface area (Å²) in [6.07, 6.45) is 2.54. The first-order valence-electron chi connectivity index (χ1n) is 7.96. The van der Waals surface area contributed by atoms with Gasteiger partial charge in [0, 0.05) is 24.3 Å². The van der Waals surface area contributed by atoms with Gasteiger partial charge in [-0.2, -0.15) is 0 Å². The summed E-state index contributed by atoms with van der Waals surface area (Å²) in [6.45, 7) is 9.86. The number of anilines is 2. The zero-order valence-corrected chi connectivity index (χ0v) is 13.9. The zero-order valence-electron chi connectivity index (χ0n) is 13.9. The smallest absolute Gasteiger partial charge is 0.108 e. The minimum Gasteiger partial charge on any atom is -0.399 e. The van der Waals surface area contributed by atoms with Crippen molar-refractivity contribution < 1.29 is 4.48 Å². The SMILES string of the molecule is CC.CCC[N+](C)(C)C1CCN(c2ccc(N)cc2)C1. The molecule has 1 aliphatic rings. The molecule has 0 bridgehead atoms. The summed E-state index contributed by atoms with van der Waals surface area (Å²) in [5.41, 5.74) is 7.89. The number of nitrogen functional groups attached to an aromatic ring is 1. The van der Waals surface area contributed by atoms with Gasteiger partial charge in [0.25, 0.3) is 0 Å². The monoisotopic (exact) mass is 278 g/mol. The summed E-state index contributed by atoms with van der Waals surface area (Å²) in [4.78, 5) is 2.49. The van der Waals surface area contributed by atoms with Gasteiger partial charge in [0.2, 0.25) is 0 Å². The van der Waals surface area contributed by atoms with Gasteiger partial charge >= 0.3 is 0 Å². The van der Waals surface area contributed by atoms with E-state index in [1.807, 2.05) is 26.0 Å². The third-order valence-corrected chi connectivity index (χ3v) is 4.21. The molecule has 20 heavy (non-hydrogen) atoms. The van der Waals surface area contributed by atoms with Crippen LogP contribution in [0.4, 0.5) is 11.4 Å². The molecule has 1 unspecified atom stereocenters. The lowest BCUT2D eigenvalue weighted by Crippen LogP contribution is -2.50. The van der Waals surface area contributed by atoms with Crippen molar-refractivity contribution in [3.8, 4) is 0 Å². The van der Waals surface area contributed by atoms with Crippen LogP contribution in [-0.4, -0.2) is 44.3 Å². The second-order valence-corrected chi connectivity index (χ2v) is 5.98. The lowest BCUT2D eigenvalue weighted by atomic mass is 10.2. The lowest BCUT2D eigenvalue weighted by molar-refractivity contribution is -0.912. The minimum atomic E-state index is 0.752. The summed E-state index contributed by atoms with van der Waals surface area (Å²) in [6, 6.07) is 9.01. The Kier molecular flexibility index (Phi) is 6.34. The maximum absolute atomic E-state index is 5.74. The molecule has 3 heteroatoms. The molecule has 0 aromatic heterocycles. The average Bonchev–Trinajstić information content (AvgIpc) is 2.92. The van der Waals surface area contributed by atoms with Crippen LogP contribution in [0, 0.1) is 0 Å². The Morgan fingerprint density at radius 3 is 2.35 bits per heavy atom. The molecule has 114 valence electrons. The first-order valence-corrected chi connectivity index (χ1v) is 7.96. The lowest BCUT2D eigenvalue weighted by Gasteiger charge is -2.36. The number of hydrogen-bond acceptors (Lipinski definition) is 2. The van der Waals surface area contributed by atoms with Crippen molar-refractivity contribution in [1.82, 2.24) is 0 Å². The van der Waals surface area contributed by atoms with Crippen LogP contribution in [0.1, 0.15) is 33.6 Å². The number of benzene rings is 1. The summed E-state index contributed by atoms with van der Waals surface area (Å²) >= 11 is 0. The highest BCUT2D eigenvalue weighted by Gasteiger charge is 2.34. The second-order valence-electron chi connectivity index (χ2n) is 5.98. The predicted octanol–water partition coefficient (Wildman–Crippen LogP) is 3.36. The van der Waals surface area contributed by atoms with Gasteiger partial charge in [-0.15, -0.1) is 0 Å². The molecule has 2 N–H and O–H groups in total. The number of nitrogens with zero attached hydrogens (tertiary/aromatic N) is 2. The summed E-state index contributed by atoms with van der Waals surface area (Å²) in [5.74, 6) is 0. The van der Waals surface area contributed by atoms with Crippen LogP contribution < -0.4 is 10.6 Å². The maximum Gasteiger partial charge on any atom is 0.108 e. The van der Waals surface area contributed by atoms with Crippen LogP contribution in [0.5, 0.6) is 0 Å². The molecule has 1 fully saturated rings. The number of quaternary nitrogens is 1. The molecular formula is C17H32N3+. The van der Waals surface area contributed by atoms with Crippen LogP contribution >= 0.6 is 0 Å². The highest BCUT2D eigenvalue weighted by molar-refractivity contribution is 5.53. The van der Waals surface area contributed by atoms with E-state index in [1.165, 1.54) is 31.6 Å². The molecule has 2 rings (SSSR count). The molecule has 1 aliphatic heterocycles. The van der Waals surface area contributed by atoms with E-state index in [0.29, 0.717) is 0 Å². The molecule has 1 atom stereocenters. The normalized spacial score (nSPS) is 18.6. The Hall–Kier alpha value is -1.22. The highest BCUT2D eigenvalue weighted by Crippen LogP contribution is 2.26. The van der Waals surface area contributed by atoms with Crippen molar-refractivity contribution in [2.45, 2.75) is 39.7 Å². The molecule has 0 saturated carbocycles. The van der Waals surface area contributed by atoms with E-state index < -0.39 is 0 Å². The van der Waals surface area contributed by atoms with Gasteiger partial charge in [-0.3, -0.25) is 0 Å². The average molecular weight is 278 g/mol. The Morgan fingerprint density at radius 2 is 1.80 bits per heavy atom. The van der Waals surface area contributed by atoms with Gasteiger partial charge in [0.15, 0.2) is 0 Å². The predicted molar refractivity (Wildman–Crippen MR) is 90.1 cm³/mol. The van der Waals surface area contributed by atoms with Gasteiger partial charge in [-0.1, -0.05) is 20.8 Å². The summed E-state index contributed by atoms with van der Waals surface area (Å²) in [7, 11) is 4.72. The summed E-state index contributed by atoms with van der Waals surface area (Å²) < 4.78 is 1.14. The summed E-state index contributed by atoms with van der Waals surface area (Å²) in [5, 5.41) is 0. The van der Waals surface area contributed by atoms with E-state index >= 15 is 0 Å². The number of likely N-dealkylation sites (N-methyl/N-ethyl adjacent to an activating group) is 1. The molecule has 0 radical (unpaired) electrons. The molecule has 0 amide bonds. The Bertz CT molecular complexity index is 384. The molecule has 1 aromatic carbocycles. The van der Waals surface area contributed by atoms with Crippen molar-refractivity contribution in [1.29, 1.82) is 0 Å². The highest BCUT2D eigenvalue weighted by atomic mass is 15.4. The standard InChI is InChI=1S/C15H26N3.C2H6/c1-4-11-18(2,3)15-9-10-17(12-15)14-7-5-13(16)6-8-14;1-2/h5-8,15H,4,9-12,16H2,1-3H3;1-2H3/q+1;. The van der Waals surface area contributed by atoms with Crippen LogP contribution in [0.2, 0.25) is 0 Å². The molecule has 1 aromatic rings. The molecule has 1 saturated heterocycles. The molecule has 3 nitrogen and oxygen atoms in total. The van der Waals surface area contributed by atoms with E-state index in [-0.39, 0.29) is 0 Å². The zero-order chi connectivity index (χ0) is 15.2. The quantitative estimate of drug-likeness (QED) is 0.676. The first-order chi connectivity index (χ1) is 9.53. The molecule has 1 heterocycles. The molecule has 0 spiro atoms. The van der Waals surface area contributed by atoms with Gasteiger partial charge < -0.3 is 15.1 Å². The van der Waals surface area contributed by atoms with Crippen LogP contribution in [0.25, 0.3) is 0 Å². The fraction of sp³-hybridized carbons (Fsp3) is 0.647. The van der Waals surface area contributed by atoms with Gasteiger partial charge in [-0.05, 0) is 30.7 Å². The number of rotatable bonds is 4. The van der Waals surface area contributed by atoms with Crippen molar-refractivity contribution in [2.24, 2.45) is 0 Å². The van der Waals surface area contributed by atoms with E-state index in [1.54, 1.807) is 0 Å². The van der Waals surface area contributed by atoms with Crippen LogP contribution in [0.15, 0.2) is 24.3 Å². The topological polar surface area (TPSA) is 29.3 Å². The van der Waals surface area contributed by atoms with Crippen LogP contribution in [-0.2, 0) is 0 Å². The van der Waals surface area contributed by atoms with E-state index in [4.69, 9.17) is 5.73 Å². The Morgan fingerprint density at radius 1 is 1.20 bits per heavy atom. The second kappa shape index (κ2) is 7.53. The minimum absolute atomic E-state index is 0.752. The third kappa shape index (κ3) is 4.14. The number of nitrogens with two attached hydrogens (primary N) is 1. The first kappa shape index (κ1) is 16.8. The van der Waals surface area contributed by atoms with Crippen LogP contribution in [0.3, 0.4) is 0 Å². The van der Waals surface area contributed by atoms with Gasteiger partial charge in [-0.25, -0.2) is 0 Å². The molecular weight excluding hydrogens is 246 g/mol. The van der Waals surface area contributed by atoms with Crippen molar-refractivity contribution >= 4 is 11.4 Å². The van der Waals surface area contributed by atoms with E-state index in [9.17, 15) is 0 Å². The third-order valence-electron chi connectivity index (χ3n) is 4.21. The van der Waals surface area contributed by atoms with Crippen molar-refractivity contribution in [2.75, 3.05) is 44.4 Å². The van der Waals surface area contributed by atoms with Crippen molar-refractivity contribution in [3.05, 3.63) is 24.3 Å². The fourth-order valence-corrected chi connectivity index (χ4v) is 2.99. The van der Waals surface area contributed by atoms with Gasteiger partial charge in [0.05, 0.1) is 27.2 Å². The van der Waals surface area contributed by atoms with E-state index in [0.717, 1.165) is 22.8 Å². The van der Waals surface area contributed by atoms with E-state index in [2.05, 4.69) is 38.1 Å². The van der Waals surface area contributed by atoms with Gasteiger partial charge in [0.1, 0.15) is 6.04 Å². The maximum atomic E-state index is 5.74. The largest absolute Gasteiger partial charge is 0.399 e. The Balaban J connectivity index is 0.000000956. The molecule has 0 aliphatic carbocycles.